The Morgan fingerprint density at radius 1 is 0.560 bits per heavy atom. The van der Waals surface area contributed by atoms with Gasteiger partial charge >= 0.3 is 7.94 Å². The first-order chi connectivity index (χ1) is 11.8. The summed E-state index contributed by atoms with van der Waals surface area (Å²) < 4.78 is 18.3. The number of hydrogen-bond donors (Lipinski definition) is 0. The van der Waals surface area contributed by atoms with E-state index in [1.807, 2.05) is 91.0 Å². The van der Waals surface area contributed by atoms with Crippen LogP contribution in [0.15, 0.2) is 91.0 Å². The van der Waals surface area contributed by atoms with Gasteiger partial charge in [-0.3, -0.25) is 13.6 Å². The second-order valence-electron chi connectivity index (χ2n) is 4.94. The lowest BCUT2D eigenvalue weighted by atomic mass is 10.3. The molecule has 0 unspecified atom stereocenters. The van der Waals surface area contributed by atoms with Crippen LogP contribution in [0.3, 0.4) is 0 Å². The van der Waals surface area contributed by atoms with Crippen molar-refractivity contribution in [3.8, 4) is 17.2 Å². The first kappa shape index (κ1) is 19.4. The van der Waals surface area contributed by atoms with E-state index in [4.69, 9.17) is 25.2 Å². The van der Waals surface area contributed by atoms with Crippen molar-refractivity contribution in [3.05, 3.63) is 91.0 Å². The summed E-state index contributed by atoms with van der Waals surface area (Å²) in [5, 5.41) is 0. The number of hydrogen-bond acceptors (Lipinski definition) is 3. The molecule has 0 atom stereocenters. The maximum absolute atomic E-state index is 6.25. The summed E-state index contributed by atoms with van der Waals surface area (Å²) >= 11 is 6.25. The zero-order valence-electron chi connectivity index (χ0n) is 13.3. The molecule has 25 heavy (non-hydrogen) atoms. The Morgan fingerprint density at radius 3 is 1.08 bits per heavy atom. The average Bonchev–Trinajstić information content (AvgIpc) is 2.64. The summed E-state index contributed by atoms with van der Waals surface area (Å²) in [7, 11) is -2.88. The maximum Gasteiger partial charge on any atom is 0.557 e. The minimum atomic E-state index is -2.88. The predicted molar refractivity (Wildman–Crippen MR) is 98.9 cm³/mol. The van der Waals surface area contributed by atoms with Gasteiger partial charge in [-0.1, -0.05) is 66.2 Å². The zero-order valence-corrected chi connectivity index (χ0v) is 15.7. The molecule has 0 saturated carbocycles. The Labute approximate surface area is 159 Å². The fourth-order valence-electron chi connectivity index (χ4n) is 2.05. The summed E-state index contributed by atoms with van der Waals surface area (Å²) in [6.45, 7) is 0. The standard InChI is InChI=1S/C19H17ClO3P.ClH/c20-16-24(21-17-10-4-1-5-11-17,22-18-12-6-2-7-13-18)23-19-14-8-3-9-15-19;/h1-15H,16H2;1H/q+1;/p-1. The summed E-state index contributed by atoms with van der Waals surface area (Å²) in [5.74, 6) is 1.95. The van der Waals surface area contributed by atoms with Crippen LogP contribution in [-0.4, -0.2) is 5.62 Å². The Morgan fingerprint density at radius 2 is 0.840 bits per heavy atom. The Bertz CT molecular complexity index is 641. The smallest absolute Gasteiger partial charge is 0.557 e. The van der Waals surface area contributed by atoms with E-state index in [0.29, 0.717) is 17.2 Å². The molecule has 0 bridgehead atoms. The summed E-state index contributed by atoms with van der Waals surface area (Å²) in [5.41, 5.74) is 0.0890. The van der Waals surface area contributed by atoms with Crippen LogP contribution in [0.25, 0.3) is 0 Å². The van der Waals surface area contributed by atoms with E-state index in [0.717, 1.165) is 0 Å². The van der Waals surface area contributed by atoms with Crippen LogP contribution < -0.4 is 26.0 Å². The quantitative estimate of drug-likeness (QED) is 0.455. The highest BCUT2D eigenvalue weighted by Gasteiger charge is 2.49. The van der Waals surface area contributed by atoms with E-state index in [2.05, 4.69) is 0 Å². The van der Waals surface area contributed by atoms with Crippen LogP contribution in [0.5, 0.6) is 17.2 Å². The number of benzene rings is 3. The maximum atomic E-state index is 6.25. The molecule has 0 aromatic heterocycles. The highest BCUT2D eigenvalue weighted by Crippen LogP contribution is 2.61. The second kappa shape index (κ2) is 9.53. The van der Waals surface area contributed by atoms with Gasteiger partial charge in [-0.05, 0) is 36.4 Å². The van der Waals surface area contributed by atoms with Crippen molar-refractivity contribution in [1.29, 1.82) is 0 Å². The molecular weight excluding hydrogens is 378 g/mol. The van der Waals surface area contributed by atoms with Gasteiger partial charge in [-0.25, -0.2) is 0 Å². The molecule has 0 aliphatic heterocycles. The molecule has 0 aliphatic carbocycles. The lowest BCUT2D eigenvalue weighted by Gasteiger charge is -2.21. The van der Waals surface area contributed by atoms with Gasteiger partial charge in [-0.2, -0.15) is 0 Å². The van der Waals surface area contributed by atoms with Gasteiger partial charge in [0, 0.05) is 0 Å². The van der Waals surface area contributed by atoms with Crippen molar-refractivity contribution in [2.24, 2.45) is 0 Å². The topological polar surface area (TPSA) is 27.7 Å². The third-order valence-electron chi connectivity index (χ3n) is 3.11. The molecule has 3 nitrogen and oxygen atoms in total. The molecule has 6 heteroatoms. The third kappa shape index (κ3) is 5.54. The van der Waals surface area contributed by atoms with Crippen molar-refractivity contribution < 1.29 is 26.0 Å². The molecule has 0 N–H and O–H groups in total. The fourth-order valence-corrected chi connectivity index (χ4v) is 4.08. The molecule has 0 fully saturated rings. The first-order valence-corrected chi connectivity index (χ1v) is 9.74. The van der Waals surface area contributed by atoms with Gasteiger partial charge in [0.05, 0.1) is 0 Å². The Kier molecular flexibility index (Phi) is 7.39. The highest BCUT2D eigenvalue weighted by molar-refractivity contribution is 7.64. The highest BCUT2D eigenvalue weighted by atomic mass is 35.5. The van der Waals surface area contributed by atoms with E-state index >= 15 is 0 Å². The van der Waals surface area contributed by atoms with E-state index in [1.54, 1.807) is 0 Å². The van der Waals surface area contributed by atoms with Gasteiger partial charge in [-0.15, -0.1) is 0 Å². The summed E-state index contributed by atoms with van der Waals surface area (Å²) in [6, 6.07) is 28.2. The van der Waals surface area contributed by atoms with E-state index < -0.39 is 7.94 Å². The number of alkyl halides is 1. The Balaban J connectivity index is 0.00000225. The van der Waals surface area contributed by atoms with Crippen LogP contribution in [0, 0.1) is 0 Å². The molecular formula is C19H17Cl2O3P. The van der Waals surface area contributed by atoms with Crippen molar-refractivity contribution in [3.63, 3.8) is 0 Å². The van der Waals surface area contributed by atoms with Crippen molar-refractivity contribution in [2.75, 3.05) is 5.62 Å². The van der Waals surface area contributed by atoms with Crippen molar-refractivity contribution in [2.45, 2.75) is 0 Å². The molecule has 0 saturated heterocycles. The van der Waals surface area contributed by atoms with Gasteiger partial charge < -0.3 is 12.4 Å². The normalized spacial score (nSPS) is 10.4. The number of rotatable bonds is 7. The van der Waals surface area contributed by atoms with Crippen LogP contribution in [0.1, 0.15) is 0 Å². The monoisotopic (exact) mass is 394 g/mol. The molecule has 130 valence electrons. The molecule has 0 radical (unpaired) electrons. The largest absolute Gasteiger partial charge is 1.00 e. The first-order valence-electron chi connectivity index (χ1n) is 7.48. The van der Waals surface area contributed by atoms with Crippen LogP contribution in [0.4, 0.5) is 0 Å². The second-order valence-corrected chi connectivity index (χ2v) is 7.67. The molecule has 0 aliphatic rings. The lowest BCUT2D eigenvalue weighted by Crippen LogP contribution is -3.00. The molecule has 3 aromatic rings. The van der Waals surface area contributed by atoms with Crippen molar-refractivity contribution in [1.82, 2.24) is 0 Å². The zero-order chi connectivity index (χ0) is 16.7. The van der Waals surface area contributed by atoms with E-state index in [9.17, 15) is 0 Å². The minimum Gasteiger partial charge on any atom is -1.00 e. The van der Waals surface area contributed by atoms with Crippen LogP contribution in [-0.2, 0) is 0 Å². The fraction of sp³-hybridized carbons (Fsp3) is 0.0526. The summed E-state index contributed by atoms with van der Waals surface area (Å²) in [4.78, 5) is 0. The van der Waals surface area contributed by atoms with E-state index in [1.165, 1.54) is 0 Å². The molecule has 0 spiro atoms. The summed E-state index contributed by atoms with van der Waals surface area (Å²) in [6.07, 6.45) is 0. The third-order valence-corrected chi connectivity index (χ3v) is 5.75. The SMILES string of the molecule is ClC[P+](Oc1ccccc1)(Oc1ccccc1)Oc1ccccc1.[Cl-]. The molecule has 0 amide bonds. The van der Waals surface area contributed by atoms with Crippen LogP contribution >= 0.6 is 19.5 Å². The predicted octanol–water partition coefficient (Wildman–Crippen LogP) is 3.19. The molecule has 3 aromatic carbocycles. The van der Waals surface area contributed by atoms with Crippen molar-refractivity contribution >= 4 is 19.5 Å². The van der Waals surface area contributed by atoms with Gasteiger partial charge in [0.2, 0.25) is 5.62 Å². The van der Waals surface area contributed by atoms with Gasteiger partial charge in [0.25, 0.3) is 0 Å². The lowest BCUT2D eigenvalue weighted by molar-refractivity contribution is -0.00000767. The molecule has 0 heterocycles. The molecule has 3 rings (SSSR count). The average molecular weight is 395 g/mol. The van der Waals surface area contributed by atoms with Gasteiger partial charge in [0.15, 0.2) is 17.2 Å². The minimum absolute atomic E-state index is 0. The number of halogens is 2. The van der Waals surface area contributed by atoms with E-state index in [-0.39, 0.29) is 18.0 Å². The van der Waals surface area contributed by atoms with Crippen LogP contribution in [0.2, 0.25) is 0 Å². The number of para-hydroxylation sites is 3. The Hall–Kier alpha value is -1.93. The van der Waals surface area contributed by atoms with Gasteiger partial charge in [0.1, 0.15) is 0 Å².